The Hall–Kier alpha value is -0.970. The maximum absolute atomic E-state index is 12.9. The molecule has 6 nitrogen and oxygen atoms in total. The molecular formula is C16H28F2IN5O. The van der Waals surface area contributed by atoms with Crippen LogP contribution in [0.3, 0.4) is 0 Å². The molecule has 0 radical (unpaired) electrons. The van der Waals surface area contributed by atoms with Gasteiger partial charge in [0.05, 0.1) is 0 Å². The van der Waals surface area contributed by atoms with Crippen LogP contribution in [0.2, 0.25) is 0 Å². The monoisotopic (exact) mass is 471 g/mol. The quantitative estimate of drug-likeness (QED) is 0.378. The van der Waals surface area contributed by atoms with Crippen molar-refractivity contribution in [1.29, 1.82) is 0 Å². The zero-order chi connectivity index (χ0) is 17.4. The van der Waals surface area contributed by atoms with Crippen molar-refractivity contribution in [3.05, 3.63) is 18.2 Å². The third-order valence-electron chi connectivity index (χ3n) is 4.24. The van der Waals surface area contributed by atoms with E-state index in [2.05, 4.69) is 20.2 Å². The molecule has 0 saturated carbocycles. The third kappa shape index (κ3) is 7.04. The van der Waals surface area contributed by atoms with Crippen molar-refractivity contribution in [2.24, 2.45) is 10.9 Å². The van der Waals surface area contributed by atoms with Gasteiger partial charge in [-0.2, -0.15) is 8.78 Å². The van der Waals surface area contributed by atoms with Gasteiger partial charge in [-0.05, 0) is 32.1 Å². The average molecular weight is 471 g/mol. The van der Waals surface area contributed by atoms with Crippen molar-refractivity contribution in [3.8, 4) is 0 Å². The number of aromatic nitrogens is 2. The van der Waals surface area contributed by atoms with E-state index in [1.807, 2.05) is 14.0 Å². The highest BCUT2D eigenvalue weighted by Crippen LogP contribution is 2.18. The molecule has 9 heteroatoms. The van der Waals surface area contributed by atoms with Crippen LogP contribution in [0.1, 0.15) is 38.6 Å². The molecular weight excluding hydrogens is 443 g/mol. The van der Waals surface area contributed by atoms with Gasteiger partial charge in [0, 0.05) is 45.7 Å². The average Bonchev–Trinajstić information content (AvgIpc) is 3.06. The fraction of sp³-hybridized carbons (Fsp3) is 0.750. The van der Waals surface area contributed by atoms with E-state index in [-0.39, 0.29) is 36.3 Å². The number of halogens is 3. The Morgan fingerprint density at radius 1 is 1.48 bits per heavy atom. The molecule has 0 atom stereocenters. The Morgan fingerprint density at radius 3 is 2.84 bits per heavy atom. The molecule has 1 fully saturated rings. The van der Waals surface area contributed by atoms with Gasteiger partial charge in [-0.1, -0.05) is 0 Å². The summed E-state index contributed by atoms with van der Waals surface area (Å²) in [5.74, 6) is 1.66. The number of aliphatic imine (C=N–C) groups is 1. The SMILES string of the molecule is CCNC(=NCc1nccn1C(F)F)N(C)CCC1CCOCC1.I. The van der Waals surface area contributed by atoms with E-state index < -0.39 is 6.55 Å². The number of rotatable bonds is 7. The first-order valence-corrected chi connectivity index (χ1v) is 8.48. The van der Waals surface area contributed by atoms with E-state index >= 15 is 0 Å². The van der Waals surface area contributed by atoms with Crippen LogP contribution in [0.25, 0.3) is 0 Å². The van der Waals surface area contributed by atoms with Crippen molar-refractivity contribution in [3.63, 3.8) is 0 Å². The number of hydrogen-bond donors (Lipinski definition) is 1. The van der Waals surface area contributed by atoms with Crippen LogP contribution in [-0.4, -0.2) is 53.8 Å². The highest BCUT2D eigenvalue weighted by Gasteiger charge is 2.16. The van der Waals surface area contributed by atoms with Crippen LogP contribution in [0, 0.1) is 5.92 Å². The molecule has 1 aromatic rings. The van der Waals surface area contributed by atoms with Gasteiger partial charge in [-0.15, -0.1) is 24.0 Å². The Balaban J connectivity index is 0.00000312. The Labute approximate surface area is 165 Å². The third-order valence-corrected chi connectivity index (χ3v) is 4.24. The molecule has 0 spiro atoms. The molecule has 0 amide bonds. The number of nitrogens with zero attached hydrogens (tertiary/aromatic N) is 4. The number of ether oxygens (including phenoxy) is 1. The number of hydrogen-bond acceptors (Lipinski definition) is 3. The molecule has 0 aromatic carbocycles. The minimum atomic E-state index is -2.59. The van der Waals surface area contributed by atoms with Gasteiger partial charge in [-0.3, -0.25) is 4.57 Å². The second-order valence-corrected chi connectivity index (χ2v) is 5.96. The predicted octanol–water partition coefficient (Wildman–Crippen LogP) is 3.11. The van der Waals surface area contributed by atoms with E-state index in [0.29, 0.717) is 11.9 Å². The fourth-order valence-electron chi connectivity index (χ4n) is 2.78. The van der Waals surface area contributed by atoms with Crippen LogP contribution >= 0.6 is 24.0 Å². The highest BCUT2D eigenvalue weighted by atomic mass is 127. The molecule has 144 valence electrons. The lowest BCUT2D eigenvalue weighted by Gasteiger charge is -2.26. The first-order valence-electron chi connectivity index (χ1n) is 8.48. The summed E-state index contributed by atoms with van der Waals surface area (Å²) in [7, 11) is 1.97. The van der Waals surface area contributed by atoms with Crippen molar-refractivity contribution in [1.82, 2.24) is 19.8 Å². The Morgan fingerprint density at radius 2 is 2.20 bits per heavy atom. The van der Waals surface area contributed by atoms with E-state index in [1.165, 1.54) is 12.4 Å². The van der Waals surface area contributed by atoms with Crippen molar-refractivity contribution < 1.29 is 13.5 Å². The molecule has 1 aromatic heterocycles. The van der Waals surface area contributed by atoms with Gasteiger partial charge >= 0.3 is 6.55 Å². The van der Waals surface area contributed by atoms with Crippen LogP contribution in [-0.2, 0) is 11.3 Å². The maximum atomic E-state index is 12.9. The Kier molecular flexibility index (Phi) is 10.2. The highest BCUT2D eigenvalue weighted by molar-refractivity contribution is 14.0. The summed E-state index contributed by atoms with van der Waals surface area (Å²) in [5, 5.41) is 3.21. The van der Waals surface area contributed by atoms with Gasteiger partial charge in [0.15, 0.2) is 5.96 Å². The standard InChI is InChI=1S/C16H27F2N5O.HI/c1-3-19-16(21-12-14-20-7-9-23(14)15(17)18)22(2)8-4-13-5-10-24-11-6-13;/h7,9,13,15H,3-6,8,10-12H2,1-2H3,(H,19,21);1H. The minimum Gasteiger partial charge on any atom is -0.381 e. The topological polar surface area (TPSA) is 54.7 Å². The van der Waals surface area contributed by atoms with Crippen LogP contribution in [0.4, 0.5) is 8.78 Å². The predicted molar refractivity (Wildman–Crippen MR) is 105 cm³/mol. The molecule has 1 saturated heterocycles. The van der Waals surface area contributed by atoms with E-state index in [0.717, 1.165) is 50.1 Å². The van der Waals surface area contributed by atoms with Crippen molar-refractivity contribution in [2.45, 2.75) is 39.3 Å². The van der Waals surface area contributed by atoms with Crippen LogP contribution in [0.5, 0.6) is 0 Å². The summed E-state index contributed by atoms with van der Waals surface area (Å²) in [6.07, 6.45) is 5.94. The molecule has 1 aliphatic rings. The summed E-state index contributed by atoms with van der Waals surface area (Å²) < 4.78 is 31.9. The van der Waals surface area contributed by atoms with Gasteiger partial charge < -0.3 is 15.0 Å². The van der Waals surface area contributed by atoms with Gasteiger partial charge in [0.25, 0.3) is 0 Å². The van der Waals surface area contributed by atoms with E-state index in [1.54, 1.807) is 0 Å². The van der Waals surface area contributed by atoms with Crippen molar-refractivity contribution >= 4 is 29.9 Å². The first kappa shape index (κ1) is 22.1. The summed E-state index contributed by atoms with van der Waals surface area (Å²) in [5.41, 5.74) is 0. The molecule has 1 aliphatic heterocycles. The Bertz CT molecular complexity index is 520. The fourth-order valence-corrected chi connectivity index (χ4v) is 2.78. The molecule has 2 heterocycles. The number of imidazole rings is 1. The second kappa shape index (κ2) is 11.6. The van der Waals surface area contributed by atoms with Gasteiger partial charge in [-0.25, -0.2) is 9.98 Å². The number of nitrogens with one attached hydrogen (secondary N) is 1. The summed E-state index contributed by atoms with van der Waals surface area (Å²) in [4.78, 5) is 10.5. The lowest BCUT2D eigenvalue weighted by Crippen LogP contribution is -2.40. The van der Waals surface area contributed by atoms with E-state index in [9.17, 15) is 8.78 Å². The van der Waals surface area contributed by atoms with Gasteiger partial charge in [0.1, 0.15) is 12.4 Å². The molecule has 25 heavy (non-hydrogen) atoms. The summed E-state index contributed by atoms with van der Waals surface area (Å²) >= 11 is 0. The lowest BCUT2D eigenvalue weighted by molar-refractivity contribution is 0.0625. The summed E-state index contributed by atoms with van der Waals surface area (Å²) in [6, 6.07) is 0. The zero-order valence-corrected chi connectivity index (χ0v) is 17.2. The van der Waals surface area contributed by atoms with Crippen LogP contribution < -0.4 is 5.32 Å². The minimum absolute atomic E-state index is 0. The number of guanidine groups is 1. The number of alkyl halides is 2. The van der Waals surface area contributed by atoms with Crippen LogP contribution in [0.15, 0.2) is 17.4 Å². The maximum Gasteiger partial charge on any atom is 0.319 e. The summed E-state index contributed by atoms with van der Waals surface area (Å²) in [6.45, 7) is 2.82. The second-order valence-electron chi connectivity index (χ2n) is 5.96. The van der Waals surface area contributed by atoms with Crippen molar-refractivity contribution in [2.75, 3.05) is 33.4 Å². The largest absolute Gasteiger partial charge is 0.381 e. The first-order chi connectivity index (χ1) is 11.6. The molecule has 2 rings (SSSR count). The molecule has 0 unspecified atom stereocenters. The smallest absolute Gasteiger partial charge is 0.319 e. The molecule has 0 aliphatic carbocycles. The molecule has 0 bridgehead atoms. The zero-order valence-electron chi connectivity index (χ0n) is 14.8. The lowest BCUT2D eigenvalue weighted by atomic mass is 9.96. The molecule has 1 N–H and O–H groups in total. The normalized spacial score (nSPS) is 16.0. The van der Waals surface area contributed by atoms with E-state index in [4.69, 9.17) is 4.74 Å². The van der Waals surface area contributed by atoms with Gasteiger partial charge in [0.2, 0.25) is 0 Å².